The van der Waals surface area contributed by atoms with Gasteiger partial charge in [-0.3, -0.25) is 0 Å². The molecule has 1 fully saturated rings. The Bertz CT molecular complexity index is 685. The average molecular weight is 293 g/mol. The Labute approximate surface area is 130 Å². The summed E-state index contributed by atoms with van der Waals surface area (Å²) in [6.45, 7) is 2.83. The molecule has 1 aromatic heterocycles. The molecule has 5 heteroatoms. The number of anilines is 2. The van der Waals surface area contributed by atoms with Crippen LogP contribution in [0.3, 0.4) is 0 Å². The molecule has 1 aliphatic rings. The first kappa shape index (κ1) is 14.3. The predicted molar refractivity (Wildman–Crippen MR) is 86.7 cm³/mol. The zero-order valence-corrected chi connectivity index (χ0v) is 12.7. The molecule has 3 rings (SSSR count). The number of rotatable bonds is 4. The van der Waals surface area contributed by atoms with Crippen molar-refractivity contribution in [2.24, 2.45) is 0 Å². The minimum absolute atomic E-state index is 0.678. The fourth-order valence-corrected chi connectivity index (χ4v) is 2.73. The van der Waals surface area contributed by atoms with E-state index in [-0.39, 0.29) is 0 Å². The molecule has 2 aromatic rings. The normalized spacial score (nSPS) is 13.9. The summed E-state index contributed by atoms with van der Waals surface area (Å²) in [5, 5.41) is 8.98. The number of hydrogen-bond acceptors (Lipinski definition) is 5. The number of aromatic nitrogens is 2. The van der Waals surface area contributed by atoms with E-state index >= 15 is 0 Å². The van der Waals surface area contributed by atoms with Crippen LogP contribution in [0.1, 0.15) is 24.0 Å². The molecule has 0 radical (unpaired) electrons. The molecule has 2 heterocycles. The van der Waals surface area contributed by atoms with Gasteiger partial charge in [-0.2, -0.15) is 10.2 Å². The summed E-state index contributed by atoms with van der Waals surface area (Å²) in [5.41, 5.74) is 1.76. The van der Waals surface area contributed by atoms with E-state index in [1.165, 1.54) is 12.8 Å². The van der Waals surface area contributed by atoms with Crippen molar-refractivity contribution in [1.29, 1.82) is 5.26 Å². The van der Waals surface area contributed by atoms with Crippen molar-refractivity contribution in [1.82, 2.24) is 9.97 Å². The van der Waals surface area contributed by atoms with Gasteiger partial charge in [-0.05, 0) is 36.6 Å². The van der Waals surface area contributed by atoms with Gasteiger partial charge in [0.05, 0.1) is 11.6 Å². The molecule has 0 aliphatic carbocycles. The molecule has 22 heavy (non-hydrogen) atoms. The van der Waals surface area contributed by atoms with E-state index in [1.54, 1.807) is 0 Å². The third-order valence-electron chi connectivity index (χ3n) is 3.88. The average Bonchev–Trinajstić information content (AvgIpc) is 3.09. The number of nitrogens with zero attached hydrogens (tertiary/aromatic N) is 5. The van der Waals surface area contributed by atoms with Gasteiger partial charge in [-0.15, -0.1) is 0 Å². The van der Waals surface area contributed by atoms with Crippen molar-refractivity contribution in [3.63, 3.8) is 0 Å². The largest absolute Gasteiger partial charge is 0.356 e. The van der Waals surface area contributed by atoms with Crippen LogP contribution in [-0.2, 0) is 6.54 Å². The smallest absolute Gasteiger partial charge is 0.227 e. The highest BCUT2D eigenvalue weighted by Crippen LogP contribution is 2.20. The van der Waals surface area contributed by atoms with Gasteiger partial charge in [0.25, 0.3) is 0 Å². The Kier molecular flexibility index (Phi) is 4.19. The molecule has 0 unspecified atom stereocenters. The Morgan fingerprint density at radius 3 is 2.86 bits per heavy atom. The lowest BCUT2D eigenvalue weighted by Gasteiger charge is -2.21. The van der Waals surface area contributed by atoms with Crippen LogP contribution in [0.25, 0.3) is 0 Å². The molecular formula is C17H19N5. The van der Waals surface area contributed by atoms with Gasteiger partial charge in [0.15, 0.2) is 0 Å². The van der Waals surface area contributed by atoms with Crippen molar-refractivity contribution in [3.05, 3.63) is 47.7 Å². The summed E-state index contributed by atoms with van der Waals surface area (Å²) in [7, 11) is 1.97. The van der Waals surface area contributed by atoms with Gasteiger partial charge in [-0.25, -0.2) is 4.98 Å². The first-order valence-electron chi connectivity index (χ1n) is 7.54. The molecule has 0 amide bonds. The second-order valence-electron chi connectivity index (χ2n) is 5.58. The summed E-state index contributed by atoms with van der Waals surface area (Å²) in [6.07, 6.45) is 4.28. The van der Waals surface area contributed by atoms with E-state index < -0.39 is 0 Å². The lowest BCUT2D eigenvalue weighted by molar-refractivity contribution is 0.850. The Balaban J connectivity index is 1.75. The first-order valence-corrected chi connectivity index (χ1v) is 7.54. The van der Waals surface area contributed by atoms with Gasteiger partial charge < -0.3 is 9.80 Å². The van der Waals surface area contributed by atoms with Gasteiger partial charge >= 0.3 is 0 Å². The van der Waals surface area contributed by atoms with Crippen molar-refractivity contribution in [2.75, 3.05) is 29.9 Å². The van der Waals surface area contributed by atoms with Crippen LogP contribution in [-0.4, -0.2) is 30.1 Å². The molecule has 5 nitrogen and oxygen atoms in total. The standard InChI is InChI=1S/C17H19N5/c1-21(13-15-6-4-5-14(11-15)12-18)17-19-8-7-16(20-17)22-9-2-3-10-22/h4-8,11H,2-3,9-10,13H2,1H3. The highest BCUT2D eigenvalue weighted by Gasteiger charge is 2.15. The van der Waals surface area contributed by atoms with E-state index in [9.17, 15) is 0 Å². The zero-order valence-electron chi connectivity index (χ0n) is 12.7. The van der Waals surface area contributed by atoms with Crippen LogP contribution < -0.4 is 9.80 Å². The van der Waals surface area contributed by atoms with Crippen LogP contribution in [0.15, 0.2) is 36.5 Å². The quantitative estimate of drug-likeness (QED) is 0.867. The van der Waals surface area contributed by atoms with Crippen molar-refractivity contribution < 1.29 is 0 Å². The molecule has 0 saturated carbocycles. The minimum atomic E-state index is 0.678. The van der Waals surface area contributed by atoms with E-state index in [0.717, 1.165) is 24.5 Å². The Morgan fingerprint density at radius 1 is 1.27 bits per heavy atom. The van der Waals surface area contributed by atoms with Crippen LogP contribution in [0, 0.1) is 11.3 Å². The summed E-state index contributed by atoms with van der Waals surface area (Å²) in [5.74, 6) is 1.71. The van der Waals surface area contributed by atoms with E-state index in [4.69, 9.17) is 5.26 Å². The molecule has 1 aliphatic heterocycles. The van der Waals surface area contributed by atoms with Gasteiger partial charge in [0.2, 0.25) is 5.95 Å². The molecule has 0 spiro atoms. The summed E-state index contributed by atoms with van der Waals surface area (Å²) in [4.78, 5) is 13.4. The van der Waals surface area contributed by atoms with Crippen LogP contribution in [0.5, 0.6) is 0 Å². The fourth-order valence-electron chi connectivity index (χ4n) is 2.73. The van der Waals surface area contributed by atoms with Crippen molar-refractivity contribution in [2.45, 2.75) is 19.4 Å². The van der Waals surface area contributed by atoms with Gasteiger partial charge in [-0.1, -0.05) is 12.1 Å². The van der Waals surface area contributed by atoms with E-state index in [1.807, 2.05) is 48.5 Å². The van der Waals surface area contributed by atoms with Crippen LogP contribution >= 0.6 is 0 Å². The lowest BCUT2D eigenvalue weighted by atomic mass is 10.1. The second kappa shape index (κ2) is 6.44. The predicted octanol–water partition coefficient (Wildman–Crippen LogP) is 2.58. The van der Waals surface area contributed by atoms with Crippen LogP contribution in [0.2, 0.25) is 0 Å². The lowest BCUT2D eigenvalue weighted by Crippen LogP contribution is -2.23. The van der Waals surface area contributed by atoms with Crippen LogP contribution in [0.4, 0.5) is 11.8 Å². The molecular weight excluding hydrogens is 274 g/mol. The third-order valence-corrected chi connectivity index (χ3v) is 3.88. The van der Waals surface area contributed by atoms with Crippen molar-refractivity contribution in [3.8, 4) is 6.07 Å². The maximum Gasteiger partial charge on any atom is 0.227 e. The summed E-state index contributed by atoms with van der Waals surface area (Å²) in [6, 6.07) is 11.8. The maximum absolute atomic E-state index is 8.98. The first-order chi connectivity index (χ1) is 10.8. The monoisotopic (exact) mass is 293 g/mol. The highest BCUT2D eigenvalue weighted by molar-refractivity contribution is 5.44. The highest BCUT2D eigenvalue weighted by atomic mass is 15.3. The molecule has 0 bridgehead atoms. The van der Waals surface area contributed by atoms with Gasteiger partial charge in [0, 0.05) is 32.9 Å². The maximum atomic E-state index is 8.98. The minimum Gasteiger partial charge on any atom is -0.356 e. The fraction of sp³-hybridized carbons (Fsp3) is 0.353. The molecule has 1 saturated heterocycles. The molecule has 0 atom stereocenters. The molecule has 1 aromatic carbocycles. The van der Waals surface area contributed by atoms with E-state index in [0.29, 0.717) is 18.1 Å². The van der Waals surface area contributed by atoms with Gasteiger partial charge in [0.1, 0.15) is 5.82 Å². The third kappa shape index (κ3) is 3.17. The number of benzene rings is 1. The second-order valence-corrected chi connectivity index (χ2v) is 5.58. The topological polar surface area (TPSA) is 56.1 Å². The number of hydrogen-bond donors (Lipinski definition) is 0. The summed E-state index contributed by atoms with van der Waals surface area (Å²) < 4.78 is 0. The Morgan fingerprint density at radius 2 is 2.09 bits per heavy atom. The zero-order chi connectivity index (χ0) is 15.4. The number of nitriles is 1. The van der Waals surface area contributed by atoms with Crippen molar-refractivity contribution >= 4 is 11.8 Å². The molecule has 0 N–H and O–H groups in total. The SMILES string of the molecule is CN(Cc1cccc(C#N)c1)c1nccc(N2CCCC2)n1. The molecule has 112 valence electrons. The Hall–Kier alpha value is -2.61. The summed E-state index contributed by atoms with van der Waals surface area (Å²) >= 11 is 0. The van der Waals surface area contributed by atoms with E-state index in [2.05, 4.69) is 20.9 Å².